The number of amides is 1. The highest BCUT2D eigenvalue weighted by atomic mass is 16.4. The van der Waals surface area contributed by atoms with E-state index >= 15 is 0 Å². The van der Waals surface area contributed by atoms with E-state index < -0.39 is 12.0 Å². The van der Waals surface area contributed by atoms with Crippen LogP contribution < -0.4 is 5.32 Å². The zero-order valence-electron chi connectivity index (χ0n) is 12.9. The first-order valence-electron chi connectivity index (χ1n) is 7.66. The number of carbonyl (C=O) groups excluding carboxylic acids is 1. The molecule has 0 aromatic heterocycles. The van der Waals surface area contributed by atoms with Crippen LogP contribution in [0.1, 0.15) is 50.7 Å². The third-order valence-corrected chi connectivity index (χ3v) is 3.47. The van der Waals surface area contributed by atoms with Crippen molar-refractivity contribution < 1.29 is 14.7 Å². The summed E-state index contributed by atoms with van der Waals surface area (Å²) < 4.78 is 0. The zero-order valence-corrected chi connectivity index (χ0v) is 12.9. The Morgan fingerprint density at radius 2 is 1.67 bits per heavy atom. The van der Waals surface area contributed by atoms with Crippen LogP contribution in [0.25, 0.3) is 0 Å². The highest BCUT2D eigenvalue weighted by molar-refractivity contribution is 5.83. The van der Waals surface area contributed by atoms with E-state index in [1.807, 2.05) is 0 Å². The van der Waals surface area contributed by atoms with E-state index in [2.05, 4.69) is 36.5 Å². The molecular weight excluding hydrogens is 266 g/mol. The molecule has 116 valence electrons. The van der Waals surface area contributed by atoms with Crippen LogP contribution in [-0.4, -0.2) is 23.0 Å². The molecule has 2 N–H and O–H groups in total. The number of nitrogens with one attached hydrogen (secondary N) is 1. The molecule has 21 heavy (non-hydrogen) atoms. The van der Waals surface area contributed by atoms with Gasteiger partial charge in [0.25, 0.3) is 0 Å². The standard InChI is InChI=1S/C17H25NO3/c1-3-6-13-9-11-14(12-10-13)7-5-8-16(19)18-15(4-2)17(20)21/h9-12,15H,3-8H2,1-2H3,(H,18,19)(H,20,21). The van der Waals surface area contributed by atoms with Gasteiger partial charge in [-0.1, -0.05) is 44.5 Å². The summed E-state index contributed by atoms with van der Waals surface area (Å²) in [6, 6.07) is 7.71. The number of hydrogen-bond acceptors (Lipinski definition) is 2. The molecule has 0 aliphatic carbocycles. The summed E-state index contributed by atoms with van der Waals surface area (Å²) in [5.74, 6) is -1.16. The number of aryl methyl sites for hydroxylation is 2. The Kier molecular flexibility index (Phi) is 7.51. The summed E-state index contributed by atoms with van der Waals surface area (Å²) in [7, 11) is 0. The fraction of sp³-hybridized carbons (Fsp3) is 0.529. The van der Waals surface area contributed by atoms with Gasteiger partial charge in [-0.25, -0.2) is 4.79 Å². The maximum Gasteiger partial charge on any atom is 0.326 e. The molecule has 1 aromatic rings. The Hall–Kier alpha value is -1.84. The monoisotopic (exact) mass is 291 g/mol. The lowest BCUT2D eigenvalue weighted by Crippen LogP contribution is -2.40. The lowest BCUT2D eigenvalue weighted by molar-refractivity contribution is -0.141. The molecule has 1 amide bonds. The van der Waals surface area contributed by atoms with Crippen LogP contribution in [0.3, 0.4) is 0 Å². The van der Waals surface area contributed by atoms with Gasteiger partial charge in [0.2, 0.25) is 5.91 Å². The Labute approximate surface area is 126 Å². The Bertz CT molecular complexity index is 454. The minimum Gasteiger partial charge on any atom is -0.480 e. The highest BCUT2D eigenvalue weighted by Gasteiger charge is 2.16. The predicted octanol–water partition coefficient (Wildman–Crippen LogP) is 2.94. The molecule has 0 bridgehead atoms. The van der Waals surface area contributed by atoms with Gasteiger partial charge in [0, 0.05) is 6.42 Å². The highest BCUT2D eigenvalue weighted by Crippen LogP contribution is 2.09. The fourth-order valence-corrected chi connectivity index (χ4v) is 2.22. The lowest BCUT2D eigenvalue weighted by atomic mass is 10.0. The van der Waals surface area contributed by atoms with E-state index in [1.54, 1.807) is 6.92 Å². The summed E-state index contributed by atoms with van der Waals surface area (Å²) in [4.78, 5) is 22.5. The minimum absolute atomic E-state index is 0.188. The van der Waals surface area contributed by atoms with E-state index in [9.17, 15) is 9.59 Å². The van der Waals surface area contributed by atoms with Crippen molar-refractivity contribution >= 4 is 11.9 Å². The number of aliphatic carboxylic acids is 1. The van der Waals surface area contributed by atoms with E-state index in [0.717, 1.165) is 25.7 Å². The molecule has 1 atom stereocenters. The molecule has 0 radical (unpaired) electrons. The van der Waals surface area contributed by atoms with Gasteiger partial charge in [-0.15, -0.1) is 0 Å². The number of carboxylic acids is 1. The molecule has 0 heterocycles. The number of benzene rings is 1. The molecule has 1 unspecified atom stereocenters. The Balaban J connectivity index is 2.32. The van der Waals surface area contributed by atoms with Crippen molar-refractivity contribution in [2.24, 2.45) is 0 Å². The van der Waals surface area contributed by atoms with Gasteiger partial charge in [0.1, 0.15) is 6.04 Å². The topological polar surface area (TPSA) is 66.4 Å². The lowest BCUT2D eigenvalue weighted by Gasteiger charge is -2.12. The van der Waals surface area contributed by atoms with Gasteiger partial charge in [0.05, 0.1) is 0 Å². The summed E-state index contributed by atoms with van der Waals surface area (Å²) in [5.41, 5.74) is 2.55. The van der Waals surface area contributed by atoms with E-state index in [4.69, 9.17) is 5.11 Å². The first kappa shape index (κ1) is 17.2. The molecular formula is C17H25NO3. The average Bonchev–Trinajstić information content (AvgIpc) is 2.46. The maximum absolute atomic E-state index is 11.7. The van der Waals surface area contributed by atoms with Gasteiger partial charge in [-0.3, -0.25) is 4.79 Å². The summed E-state index contributed by atoms with van der Waals surface area (Å²) in [6.45, 7) is 3.91. The van der Waals surface area contributed by atoms with Crippen LogP contribution in [-0.2, 0) is 22.4 Å². The van der Waals surface area contributed by atoms with Crippen molar-refractivity contribution in [2.45, 2.75) is 58.4 Å². The zero-order chi connectivity index (χ0) is 15.7. The van der Waals surface area contributed by atoms with Crippen molar-refractivity contribution in [3.05, 3.63) is 35.4 Å². The maximum atomic E-state index is 11.7. The van der Waals surface area contributed by atoms with E-state index in [0.29, 0.717) is 12.8 Å². The first-order chi connectivity index (χ1) is 10.1. The fourth-order valence-electron chi connectivity index (χ4n) is 2.22. The van der Waals surface area contributed by atoms with Crippen LogP contribution >= 0.6 is 0 Å². The molecule has 0 saturated heterocycles. The summed E-state index contributed by atoms with van der Waals surface area (Å²) >= 11 is 0. The molecule has 0 spiro atoms. The van der Waals surface area contributed by atoms with E-state index in [1.165, 1.54) is 11.1 Å². The largest absolute Gasteiger partial charge is 0.480 e. The van der Waals surface area contributed by atoms with Crippen LogP contribution in [0.15, 0.2) is 24.3 Å². The van der Waals surface area contributed by atoms with Crippen LogP contribution in [0.4, 0.5) is 0 Å². The molecule has 0 aliphatic rings. The van der Waals surface area contributed by atoms with Crippen molar-refractivity contribution in [1.29, 1.82) is 0 Å². The average molecular weight is 291 g/mol. The van der Waals surface area contributed by atoms with Crippen LogP contribution in [0.5, 0.6) is 0 Å². The molecule has 0 aliphatic heterocycles. The second kappa shape index (κ2) is 9.16. The Morgan fingerprint density at radius 1 is 1.10 bits per heavy atom. The number of rotatable bonds is 9. The van der Waals surface area contributed by atoms with Gasteiger partial charge >= 0.3 is 5.97 Å². The third kappa shape index (κ3) is 6.43. The van der Waals surface area contributed by atoms with Crippen LogP contribution in [0.2, 0.25) is 0 Å². The predicted molar refractivity (Wildman–Crippen MR) is 83.2 cm³/mol. The minimum atomic E-state index is -0.975. The van der Waals surface area contributed by atoms with E-state index in [-0.39, 0.29) is 5.91 Å². The smallest absolute Gasteiger partial charge is 0.326 e. The summed E-state index contributed by atoms with van der Waals surface area (Å²) in [5, 5.41) is 11.4. The first-order valence-corrected chi connectivity index (χ1v) is 7.66. The molecule has 4 nitrogen and oxygen atoms in total. The number of carbonyl (C=O) groups is 2. The molecule has 0 fully saturated rings. The SMILES string of the molecule is CCCc1ccc(CCCC(=O)NC(CC)C(=O)O)cc1. The quantitative estimate of drug-likeness (QED) is 0.735. The summed E-state index contributed by atoms with van der Waals surface area (Å²) in [6.07, 6.45) is 4.57. The molecule has 0 saturated carbocycles. The number of carboxylic acid groups (broad SMARTS) is 1. The van der Waals surface area contributed by atoms with Crippen molar-refractivity contribution in [3.63, 3.8) is 0 Å². The van der Waals surface area contributed by atoms with Gasteiger partial charge in [-0.05, 0) is 36.8 Å². The molecule has 1 rings (SSSR count). The van der Waals surface area contributed by atoms with Crippen LogP contribution in [0, 0.1) is 0 Å². The van der Waals surface area contributed by atoms with Crippen molar-refractivity contribution in [1.82, 2.24) is 5.32 Å². The second-order valence-corrected chi connectivity index (χ2v) is 5.29. The normalized spacial score (nSPS) is 11.9. The van der Waals surface area contributed by atoms with Crippen molar-refractivity contribution in [2.75, 3.05) is 0 Å². The van der Waals surface area contributed by atoms with Gasteiger partial charge in [-0.2, -0.15) is 0 Å². The molecule has 4 heteroatoms. The number of hydrogen-bond donors (Lipinski definition) is 2. The van der Waals surface area contributed by atoms with Gasteiger partial charge in [0.15, 0.2) is 0 Å². The second-order valence-electron chi connectivity index (χ2n) is 5.29. The third-order valence-electron chi connectivity index (χ3n) is 3.47. The Morgan fingerprint density at radius 3 is 2.14 bits per heavy atom. The molecule has 1 aromatic carbocycles. The van der Waals surface area contributed by atoms with Gasteiger partial charge < -0.3 is 10.4 Å². The van der Waals surface area contributed by atoms with Crippen molar-refractivity contribution in [3.8, 4) is 0 Å².